The highest BCUT2D eigenvalue weighted by Gasteiger charge is 2.18. The van der Waals surface area contributed by atoms with Crippen molar-refractivity contribution in [1.82, 2.24) is 20.3 Å². The number of carboxylic acids is 1. The number of H-pyrrole nitrogens is 1. The summed E-state index contributed by atoms with van der Waals surface area (Å²) >= 11 is 1.31. The number of aromatic carboxylic acids is 1. The van der Waals surface area contributed by atoms with Crippen LogP contribution in [0.4, 0.5) is 5.69 Å². The molecule has 0 unspecified atom stereocenters. The molecular formula is C14H17N5O2S. The Kier molecular flexibility index (Phi) is 4.30. The predicted molar refractivity (Wildman–Crippen MR) is 83.6 cm³/mol. The van der Waals surface area contributed by atoms with Crippen LogP contribution in [0.5, 0.6) is 0 Å². The summed E-state index contributed by atoms with van der Waals surface area (Å²) in [6.07, 6.45) is 0. The molecule has 3 rings (SSSR count). The topological polar surface area (TPSA) is 85.4 Å². The maximum absolute atomic E-state index is 11.1. The monoisotopic (exact) mass is 319 g/mol. The largest absolute Gasteiger partial charge is 0.476 e. The molecule has 1 aromatic carbocycles. The van der Waals surface area contributed by atoms with Crippen molar-refractivity contribution in [3.63, 3.8) is 0 Å². The lowest BCUT2D eigenvalue weighted by Gasteiger charge is -2.34. The molecule has 7 nitrogen and oxygen atoms in total. The summed E-state index contributed by atoms with van der Waals surface area (Å²) in [6.45, 7) is 4.08. The van der Waals surface area contributed by atoms with Gasteiger partial charge >= 0.3 is 5.97 Å². The number of nitrogens with one attached hydrogen (secondary N) is 1. The molecule has 0 radical (unpaired) electrons. The number of carbonyl (C=O) groups is 1. The molecule has 0 aliphatic carbocycles. The van der Waals surface area contributed by atoms with Crippen molar-refractivity contribution in [1.29, 1.82) is 0 Å². The van der Waals surface area contributed by atoms with Crippen molar-refractivity contribution in [3.05, 3.63) is 30.0 Å². The van der Waals surface area contributed by atoms with Gasteiger partial charge in [0.15, 0.2) is 5.03 Å². The van der Waals surface area contributed by atoms with Crippen LogP contribution in [-0.4, -0.2) is 64.6 Å². The molecule has 2 aromatic rings. The molecule has 2 N–H and O–H groups in total. The predicted octanol–water partition coefficient (Wildman–Crippen LogP) is 1.41. The fraction of sp³-hybridized carbons (Fsp3) is 0.357. The Morgan fingerprint density at radius 1 is 1.27 bits per heavy atom. The first-order valence-corrected chi connectivity index (χ1v) is 7.80. The summed E-state index contributed by atoms with van der Waals surface area (Å²) < 4.78 is 0. The van der Waals surface area contributed by atoms with E-state index < -0.39 is 5.97 Å². The van der Waals surface area contributed by atoms with E-state index in [0.29, 0.717) is 5.03 Å². The molecule has 1 fully saturated rings. The molecule has 0 bridgehead atoms. The van der Waals surface area contributed by atoms with Crippen molar-refractivity contribution < 1.29 is 9.90 Å². The minimum absolute atomic E-state index is 0.0463. The van der Waals surface area contributed by atoms with E-state index in [-0.39, 0.29) is 5.69 Å². The Balaban J connectivity index is 1.76. The number of aromatic nitrogens is 3. The summed E-state index contributed by atoms with van der Waals surface area (Å²) in [5.41, 5.74) is 1.11. The summed E-state index contributed by atoms with van der Waals surface area (Å²) in [5.74, 6) is -1.08. The zero-order valence-electron chi connectivity index (χ0n) is 12.2. The number of hydrogen-bond acceptors (Lipinski definition) is 6. The zero-order chi connectivity index (χ0) is 15.5. The molecule has 1 aromatic heterocycles. The van der Waals surface area contributed by atoms with Gasteiger partial charge in [-0.15, -0.1) is 10.2 Å². The van der Waals surface area contributed by atoms with Gasteiger partial charge in [0.25, 0.3) is 0 Å². The lowest BCUT2D eigenvalue weighted by molar-refractivity contribution is 0.0686. The molecule has 0 atom stereocenters. The quantitative estimate of drug-likeness (QED) is 0.881. The molecule has 1 aliphatic heterocycles. The van der Waals surface area contributed by atoms with Gasteiger partial charge in [-0.1, -0.05) is 17.8 Å². The second-order valence-corrected chi connectivity index (χ2v) is 6.23. The first-order chi connectivity index (χ1) is 10.6. The number of piperazine rings is 1. The molecule has 1 aliphatic rings. The van der Waals surface area contributed by atoms with E-state index in [2.05, 4.69) is 44.4 Å². The van der Waals surface area contributed by atoms with Crippen LogP contribution in [0, 0.1) is 0 Å². The minimum Gasteiger partial charge on any atom is -0.476 e. The van der Waals surface area contributed by atoms with Gasteiger partial charge in [0.2, 0.25) is 5.69 Å². The Morgan fingerprint density at radius 3 is 2.77 bits per heavy atom. The van der Waals surface area contributed by atoms with Crippen LogP contribution >= 0.6 is 11.8 Å². The van der Waals surface area contributed by atoms with Gasteiger partial charge in [-0.25, -0.2) is 4.79 Å². The van der Waals surface area contributed by atoms with Crippen molar-refractivity contribution in [2.75, 3.05) is 38.1 Å². The fourth-order valence-corrected chi connectivity index (χ4v) is 3.22. The Hall–Kier alpha value is -2.06. The normalized spacial score (nSPS) is 16.0. The van der Waals surface area contributed by atoms with E-state index in [9.17, 15) is 4.79 Å². The first kappa shape index (κ1) is 14.9. The van der Waals surface area contributed by atoms with Crippen LogP contribution in [0.25, 0.3) is 0 Å². The smallest absolute Gasteiger partial charge is 0.359 e. The molecule has 2 heterocycles. The third kappa shape index (κ3) is 3.23. The summed E-state index contributed by atoms with van der Waals surface area (Å²) in [7, 11) is 2.13. The second-order valence-electron chi connectivity index (χ2n) is 5.17. The number of anilines is 1. The molecule has 0 saturated carbocycles. The lowest BCUT2D eigenvalue weighted by atomic mass is 10.2. The molecule has 0 spiro atoms. The number of likely N-dealkylation sites (N-methyl/N-ethyl adjacent to an activating group) is 1. The van der Waals surface area contributed by atoms with E-state index >= 15 is 0 Å². The number of benzene rings is 1. The molecule has 1 saturated heterocycles. The van der Waals surface area contributed by atoms with Crippen LogP contribution in [0.3, 0.4) is 0 Å². The summed E-state index contributed by atoms with van der Waals surface area (Å²) in [6, 6.07) is 8.08. The highest BCUT2D eigenvalue weighted by atomic mass is 32.2. The minimum atomic E-state index is -1.08. The van der Waals surface area contributed by atoms with Crippen LogP contribution in [0.15, 0.2) is 34.2 Å². The van der Waals surface area contributed by atoms with E-state index in [0.717, 1.165) is 36.8 Å². The van der Waals surface area contributed by atoms with Gasteiger partial charge in [0.1, 0.15) is 0 Å². The fourth-order valence-electron chi connectivity index (χ4n) is 2.35. The van der Waals surface area contributed by atoms with Crippen molar-refractivity contribution >= 4 is 23.4 Å². The van der Waals surface area contributed by atoms with E-state index in [4.69, 9.17) is 5.11 Å². The molecule has 0 amide bonds. The van der Waals surface area contributed by atoms with Crippen LogP contribution in [0.1, 0.15) is 10.5 Å². The summed E-state index contributed by atoms with van der Waals surface area (Å²) in [5, 5.41) is 19.4. The average molecular weight is 319 g/mol. The van der Waals surface area contributed by atoms with Crippen molar-refractivity contribution in [2.45, 2.75) is 9.92 Å². The third-order valence-corrected chi connectivity index (χ3v) is 4.59. The van der Waals surface area contributed by atoms with Gasteiger partial charge in [0.05, 0.1) is 0 Å². The van der Waals surface area contributed by atoms with E-state index in [1.807, 2.05) is 12.1 Å². The summed E-state index contributed by atoms with van der Waals surface area (Å²) in [4.78, 5) is 16.7. The van der Waals surface area contributed by atoms with Gasteiger partial charge in [-0.05, 0) is 25.2 Å². The molecular weight excluding hydrogens is 302 g/mol. The number of aromatic amines is 1. The van der Waals surface area contributed by atoms with Gasteiger partial charge in [-0.3, -0.25) is 0 Å². The Bertz CT molecular complexity index is 667. The number of hydrogen-bond donors (Lipinski definition) is 2. The highest BCUT2D eigenvalue weighted by Crippen LogP contribution is 2.30. The van der Waals surface area contributed by atoms with Crippen LogP contribution in [0.2, 0.25) is 0 Å². The molecule has 22 heavy (non-hydrogen) atoms. The van der Waals surface area contributed by atoms with E-state index in [1.54, 1.807) is 0 Å². The molecule has 116 valence electrons. The SMILES string of the molecule is CN1CCN(c2cccc(Sc3n[nH]nc3C(=O)O)c2)CC1. The Morgan fingerprint density at radius 2 is 2.05 bits per heavy atom. The first-order valence-electron chi connectivity index (χ1n) is 6.99. The number of rotatable bonds is 4. The molecule has 8 heteroatoms. The number of carboxylic acid groups (broad SMARTS) is 1. The zero-order valence-corrected chi connectivity index (χ0v) is 13.0. The highest BCUT2D eigenvalue weighted by molar-refractivity contribution is 7.99. The van der Waals surface area contributed by atoms with Gasteiger partial charge < -0.3 is 14.9 Å². The third-order valence-electron chi connectivity index (χ3n) is 3.62. The van der Waals surface area contributed by atoms with Crippen molar-refractivity contribution in [2.24, 2.45) is 0 Å². The second kappa shape index (κ2) is 6.37. The number of nitrogens with zero attached hydrogens (tertiary/aromatic N) is 4. The van der Waals surface area contributed by atoms with Gasteiger partial charge in [0, 0.05) is 36.8 Å². The maximum atomic E-state index is 11.1. The van der Waals surface area contributed by atoms with Crippen LogP contribution in [-0.2, 0) is 0 Å². The standard InChI is InChI=1S/C14H17N5O2S/c1-18-5-7-19(8-6-18)10-3-2-4-11(9-10)22-13-12(14(20)21)15-17-16-13/h2-4,9H,5-8H2,1H3,(H,20,21)(H,15,16,17). The Labute approximate surface area is 132 Å². The van der Waals surface area contributed by atoms with Crippen molar-refractivity contribution in [3.8, 4) is 0 Å². The average Bonchev–Trinajstić information content (AvgIpc) is 2.96. The maximum Gasteiger partial charge on any atom is 0.359 e. The van der Waals surface area contributed by atoms with Gasteiger partial charge in [-0.2, -0.15) is 5.21 Å². The van der Waals surface area contributed by atoms with E-state index in [1.165, 1.54) is 11.8 Å². The lowest BCUT2D eigenvalue weighted by Crippen LogP contribution is -2.44. The van der Waals surface area contributed by atoms with Crippen LogP contribution < -0.4 is 4.90 Å².